The van der Waals surface area contributed by atoms with E-state index in [1.807, 2.05) is 30.1 Å². The van der Waals surface area contributed by atoms with Crippen LogP contribution in [0.2, 0.25) is 5.02 Å². The molecule has 2 nitrogen and oxygen atoms in total. The molecular formula is C13H13ClN2S. The third-order valence-electron chi connectivity index (χ3n) is 2.84. The van der Waals surface area contributed by atoms with Crippen molar-refractivity contribution in [3.8, 4) is 6.07 Å². The molecule has 0 bridgehead atoms. The minimum atomic E-state index is 0.423. The molecule has 17 heavy (non-hydrogen) atoms. The van der Waals surface area contributed by atoms with E-state index >= 15 is 0 Å². The van der Waals surface area contributed by atoms with E-state index in [2.05, 4.69) is 23.8 Å². The van der Waals surface area contributed by atoms with Gasteiger partial charge in [-0.25, -0.2) is 0 Å². The highest BCUT2D eigenvalue weighted by Crippen LogP contribution is 2.30. The van der Waals surface area contributed by atoms with Gasteiger partial charge in [-0.3, -0.25) is 0 Å². The summed E-state index contributed by atoms with van der Waals surface area (Å²) in [5, 5.41) is 10.4. The van der Waals surface area contributed by atoms with Crippen molar-refractivity contribution in [3.63, 3.8) is 0 Å². The summed E-state index contributed by atoms with van der Waals surface area (Å²) >= 11 is 8.02. The average molecular weight is 265 g/mol. The van der Waals surface area contributed by atoms with Gasteiger partial charge >= 0.3 is 0 Å². The highest BCUT2D eigenvalue weighted by molar-refractivity contribution is 7.98. The molecule has 0 aliphatic carbocycles. The highest BCUT2D eigenvalue weighted by atomic mass is 35.5. The molecule has 1 aromatic carbocycles. The lowest BCUT2D eigenvalue weighted by atomic mass is 10.1. The number of hydrogen-bond acceptors (Lipinski definition) is 2. The van der Waals surface area contributed by atoms with Gasteiger partial charge in [0.25, 0.3) is 0 Å². The van der Waals surface area contributed by atoms with Crippen molar-refractivity contribution in [3.05, 3.63) is 35.0 Å². The summed E-state index contributed by atoms with van der Waals surface area (Å²) in [7, 11) is 0. The smallest absolute Gasteiger partial charge is 0.101 e. The third-order valence-corrected chi connectivity index (χ3v) is 4.06. The van der Waals surface area contributed by atoms with E-state index in [-0.39, 0.29) is 0 Å². The van der Waals surface area contributed by atoms with Gasteiger partial charge < -0.3 is 4.57 Å². The molecule has 1 heterocycles. The van der Waals surface area contributed by atoms with Gasteiger partial charge in [-0.05, 0) is 31.4 Å². The number of aromatic nitrogens is 1. The number of nitrogens with zero attached hydrogens (tertiary/aromatic N) is 2. The van der Waals surface area contributed by atoms with Crippen molar-refractivity contribution < 1.29 is 0 Å². The molecular weight excluding hydrogens is 252 g/mol. The molecule has 0 saturated carbocycles. The van der Waals surface area contributed by atoms with Crippen LogP contribution in [-0.4, -0.2) is 16.6 Å². The second-order valence-corrected chi connectivity index (χ2v) is 5.29. The largest absolute Gasteiger partial charge is 0.344 e. The van der Waals surface area contributed by atoms with Gasteiger partial charge in [0.1, 0.15) is 6.07 Å². The standard InChI is InChI=1S/C13H13ClN2S/c1-9(8-17-2)16-6-5-11-12(16)4-3-10(7-15)13(11)14/h3-6,9H,8H2,1-2H3/t9-/m0/s1. The number of halogens is 1. The lowest BCUT2D eigenvalue weighted by molar-refractivity contribution is 0.633. The van der Waals surface area contributed by atoms with Crippen molar-refractivity contribution in [2.75, 3.05) is 12.0 Å². The topological polar surface area (TPSA) is 28.7 Å². The van der Waals surface area contributed by atoms with Crippen LogP contribution < -0.4 is 0 Å². The Morgan fingerprint density at radius 1 is 1.47 bits per heavy atom. The van der Waals surface area contributed by atoms with Crippen molar-refractivity contribution in [2.24, 2.45) is 0 Å². The van der Waals surface area contributed by atoms with Crippen LogP contribution in [0.25, 0.3) is 10.9 Å². The van der Waals surface area contributed by atoms with Gasteiger partial charge in [-0.2, -0.15) is 17.0 Å². The fraction of sp³-hybridized carbons (Fsp3) is 0.308. The summed E-state index contributed by atoms with van der Waals surface area (Å²) in [5.41, 5.74) is 1.63. The number of thioether (sulfide) groups is 1. The van der Waals surface area contributed by atoms with Gasteiger partial charge in [-0.1, -0.05) is 11.6 Å². The Morgan fingerprint density at radius 2 is 2.24 bits per heavy atom. The van der Waals surface area contributed by atoms with E-state index in [0.717, 1.165) is 16.7 Å². The molecule has 0 radical (unpaired) electrons. The zero-order valence-electron chi connectivity index (χ0n) is 9.77. The maximum atomic E-state index is 8.93. The Kier molecular flexibility index (Phi) is 3.66. The van der Waals surface area contributed by atoms with E-state index < -0.39 is 0 Å². The van der Waals surface area contributed by atoms with Crippen molar-refractivity contribution >= 4 is 34.3 Å². The molecule has 0 saturated heterocycles. The van der Waals surface area contributed by atoms with Gasteiger partial charge in [-0.15, -0.1) is 0 Å². The predicted octanol–water partition coefficient (Wildman–Crippen LogP) is 4.09. The van der Waals surface area contributed by atoms with Crippen molar-refractivity contribution in [1.82, 2.24) is 4.57 Å². The Labute approximate surface area is 110 Å². The molecule has 0 N–H and O–H groups in total. The zero-order chi connectivity index (χ0) is 12.4. The summed E-state index contributed by atoms with van der Waals surface area (Å²) in [6.45, 7) is 2.18. The molecule has 1 aromatic heterocycles. The first kappa shape index (κ1) is 12.3. The Hall–Kier alpha value is -1.11. The first-order valence-corrected chi connectivity index (χ1v) is 7.14. The monoisotopic (exact) mass is 264 g/mol. The van der Waals surface area contributed by atoms with Gasteiger partial charge in [0, 0.05) is 28.9 Å². The molecule has 0 fully saturated rings. The van der Waals surface area contributed by atoms with Crippen LogP contribution in [0.5, 0.6) is 0 Å². The average Bonchev–Trinajstić information content (AvgIpc) is 2.74. The molecule has 0 aliphatic heterocycles. The van der Waals surface area contributed by atoms with Crippen LogP contribution in [-0.2, 0) is 0 Å². The van der Waals surface area contributed by atoms with Gasteiger partial charge in [0.15, 0.2) is 0 Å². The summed E-state index contributed by atoms with van der Waals surface area (Å²) in [4.78, 5) is 0. The predicted molar refractivity (Wildman–Crippen MR) is 74.8 cm³/mol. The summed E-state index contributed by atoms with van der Waals surface area (Å²) in [6, 6.07) is 8.26. The molecule has 2 rings (SSSR count). The Bertz CT molecular complexity index is 583. The fourth-order valence-corrected chi connectivity index (χ4v) is 2.90. The van der Waals surface area contributed by atoms with E-state index in [0.29, 0.717) is 16.6 Å². The maximum Gasteiger partial charge on any atom is 0.101 e. The normalized spacial score (nSPS) is 12.6. The quantitative estimate of drug-likeness (QED) is 0.835. The van der Waals surface area contributed by atoms with Gasteiger partial charge in [0.05, 0.1) is 10.6 Å². The van der Waals surface area contributed by atoms with Crippen LogP contribution in [0, 0.1) is 11.3 Å². The lowest BCUT2D eigenvalue weighted by Crippen LogP contribution is -2.05. The zero-order valence-corrected chi connectivity index (χ0v) is 11.3. The molecule has 0 spiro atoms. The molecule has 0 aliphatic rings. The number of hydrogen-bond donors (Lipinski definition) is 0. The molecule has 2 aromatic rings. The van der Waals surface area contributed by atoms with E-state index in [9.17, 15) is 0 Å². The number of benzene rings is 1. The SMILES string of the molecule is CSC[C@H](C)n1ccc2c(Cl)c(C#N)ccc21. The minimum Gasteiger partial charge on any atom is -0.344 e. The minimum absolute atomic E-state index is 0.423. The van der Waals surface area contributed by atoms with Crippen LogP contribution in [0.1, 0.15) is 18.5 Å². The Morgan fingerprint density at radius 3 is 2.88 bits per heavy atom. The summed E-state index contributed by atoms with van der Waals surface area (Å²) < 4.78 is 2.21. The Balaban J connectivity index is 2.56. The molecule has 0 unspecified atom stereocenters. The van der Waals surface area contributed by atoms with E-state index in [1.165, 1.54) is 0 Å². The highest BCUT2D eigenvalue weighted by Gasteiger charge is 2.11. The number of rotatable bonds is 3. The van der Waals surface area contributed by atoms with Crippen LogP contribution in [0.4, 0.5) is 0 Å². The third kappa shape index (κ3) is 2.15. The summed E-state index contributed by atoms with van der Waals surface area (Å²) in [6.07, 6.45) is 4.14. The summed E-state index contributed by atoms with van der Waals surface area (Å²) in [5.74, 6) is 1.06. The van der Waals surface area contributed by atoms with Crippen LogP contribution >= 0.6 is 23.4 Å². The molecule has 1 atom stereocenters. The fourth-order valence-electron chi connectivity index (χ4n) is 1.99. The first-order chi connectivity index (χ1) is 8.19. The van der Waals surface area contributed by atoms with Gasteiger partial charge in [0.2, 0.25) is 0 Å². The maximum absolute atomic E-state index is 8.93. The second-order valence-electron chi connectivity index (χ2n) is 4.00. The molecule has 88 valence electrons. The molecule has 4 heteroatoms. The van der Waals surface area contributed by atoms with E-state index in [4.69, 9.17) is 16.9 Å². The van der Waals surface area contributed by atoms with Crippen molar-refractivity contribution in [2.45, 2.75) is 13.0 Å². The second kappa shape index (κ2) is 5.03. The number of fused-ring (bicyclic) bond motifs is 1. The van der Waals surface area contributed by atoms with E-state index in [1.54, 1.807) is 6.07 Å². The van der Waals surface area contributed by atoms with Crippen molar-refractivity contribution in [1.29, 1.82) is 5.26 Å². The molecule has 0 amide bonds. The van der Waals surface area contributed by atoms with Crippen LogP contribution in [0.15, 0.2) is 24.4 Å². The number of nitriles is 1. The van der Waals surface area contributed by atoms with Crippen LogP contribution in [0.3, 0.4) is 0 Å². The first-order valence-electron chi connectivity index (χ1n) is 5.37. The lowest BCUT2D eigenvalue weighted by Gasteiger charge is -2.14.